The Hall–Kier alpha value is -2.42. The van der Waals surface area contributed by atoms with Crippen LogP contribution in [0.15, 0.2) is 60.8 Å². The summed E-state index contributed by atoms with van der Waals surface area (Å²) in [6.07, 6.45) is -2.63. The molecule has 0 atom stereocenters. The first-order valence-electron chi connectivity index (χ1n) is 8.37. The van der Waals surface area contributed by atoms with E-state index in [4.69, 9.17) is 0 Å². The number of ketones is 1. The number of hydrogen-bond acceptors (Lipinski definition) is 1. The SMILES string of the molecule is Cn1c2ccccc2c2cc[n+](C)c(C(=O)c3ccc(C(F)(F)F)cc3)c21.[I-]. The van der Waals surface area contributed by atoms with Crippen molar-refractivity contribution in [3.8, 4) is 0 Å². The number of halogens is 4. The normalized spacial score (nSPS) is 11.6. The number of alkyl halides is 3. The first kappa shape index (κ1) is 20.3. The molecule has 0 bridgehead atoms. The van der Waals surface area contributed by atoms with Gasteiger partial charge in [-0.05, 0) is 18.2 Å². The lowest BCUT2D eigenvalue weighted by Crippen LogP contribution is -3.00. The Kier molecular flexibility index (Phi) is 5.22. The van der Waals surface area contributed by atoms with Crippen molar-refractivity contribution in [3.05, 3.63) is 77.6 Å². The molecule has 0 unspecified atom stereocenters. The van der Waals surface area contributed by atoms with Crippen LogP contribution in [0.2, 0.25) is 0 Å². The fourth-order valence-electron chi connectivity index (χ4n) is 3.52. The van der Waals surface area contributed by atoms with Gasteiger partial charge in [-0.25, -0.2) is 0 Å². The molecule has 0 aliphatic carbocycles. The Morgan fingerprint density at radius 2 is 1.61 bits per heavy atom. The first-order valence-corrected chi connectivity index (χ1v) is 8.37. The molecule has 0 fully saturated rings. The molecule has 0 spiro atoms. The summed E-state index contributed by atoms with van der Waals surface area (Å²) in [5.74, 6) is -0.317. The number of nitrogens with zero attached hydrogens (tertiary/aromatic N) is 2. The minimum Gasteiger partial charge on any atom is -1.00 e. The van der Waals surface area contributed by atoms with Crippen molar-refractivity contribution in [3.63, 3.8) is 0 Å². The number of aromatic nitrogens is 2. The average Bonchev–Trinajstić information content (AvgIpc) is 2.93. The Balaban J connectivity index is 0.00000225. The molecule has 4 aromatic rings. The van der Waals surface area contributed by atoms with Crippen LogP contribution in [0.25, 0.3) is 21.8 Å². The van der Waals surface area contributed by atoms with E-state index < -0.39 is 11.7 Å². The molecular weight excluding hydrogens is 480 g/mol. The van der Waals surface area contributed by atoms with Crippen LogP contribution < -0.4 is 28.5 Å². The van der Waals surface area contributed by atoms with Gasteiger partial charge in [0, 0.05) is 35.0 Å². The van der Waals surface area contributed by atoms with Crippen molar-refractivity contribution in [1.82, 2.24) is 4.57 Å². The highest BCUT2D eigenvalue weighted by Crippen LogP contribution is 2.31. The van der Waals surface area contributed by atoms with E-state index in [9.17, 15) is 18.0 Å². The molecule has 0 radical (unpaired) electrons. The largest absolute Gasteiger partial charge is 1.00 e. The van der Waals surface area contributed by atoms with Crippen LogP contribution in [-0.2, 0) is 20.3 Å². The molecule has 0 aliphatic rings. The van der Waals surface area contributed by atoms with E-state index in [1.807, 2.05) is 41.9 Å². The van der Waals surface area contributed by atoms with E-state index in [-0.39, 0.29) is 35.3 Å². The van der Waals surface area contributed by atoms with Crippen LogP contribution in [0.3, 0.4) is 0 Å². The number of rotatable bonds is 2. The van der Waals surface area contributed by atoms with Crippen molar-refractivity contribution < 1.29 is 46.5 Å². The maximum absolute atomic E-state index is 13.2. The Morgan fingerprint density at radius 3 is 2.25 bits per heavy atom. The van der Waals surface area contributed by atoms with Gasteiger partial charge in [0.15, 0.2) is 6.20 Å². The summed E-state index contributed by atoms with van der Waals surface area (Å²) in [5, 5.41) is 1.96. The van der Waals surface area contributed by atoms with Gasteiger partial charge in [0.2, 0.25) is 0 Å². The molecule has 0 N–H and O–H groups in total. The third kappa shape index (κ3) is 3.17. The standard InChI is InChI=1S/C21H16F3N2O.HI/c1-25-12-11-16-15-5-3-4-6-17(15)26(2)18(16)19(25)20(27)13-7-9-14(10-8-13)21(22,23)24;/h3-12H,1-2H3;1H/q+1;/p-1. The lowest BCUT2D eigenvalue weighted by atomic mass is 10.0. The molecule has 0 amide bonds. The zero-order chi connectivity index (χ0) is 19.3. The minimum absolute atomic E-state index is 0. The maximum atomic E-state index is 13.2. The molecule has 2 aromatic heterocycles. The van der Waals surface area contributed by atoms with E-state index in [2.05, 4.69) is 0 Å². The fourth-order valence-corrected chi connectivity index (χ4v) is 3.52. The predicted molar refractivity (Wildman–Crippen MR) is 96.5 cm³/mol. The molecule has 144 valence electrons. The smallest absolute Gasteiger partial charge is 0.416 e. The summed E-state index contributed by atoms with van der Waals surface area (Å²) in [6, 6.07) is 14.1. The fraction of sp³-hybridized carbons (Fsp3) is 0.143. The molecule has 0 aliphatic heterocycles. The van der Waals surface area contributed by atoms with Gasteiger partial charge in [-0.1, -0.05) is 30.3 Å². The second-order valence-corrected chi connectivity index (χ2v) is 6.52. The Bertz CT molecular complexity index is 1190. The minimum atomic E-state index is -4.43. The van der Waals surface area contributed by atoms with E-state index in [1.54, 1.807) is 17.8 Å². The number of carbonyl (C=O) groups is 1. The lowest BCUT2D eigenvalue weighted by molar-refractivity contribution is -0.672. The predicted octanol–water partition coefficient (Wildman–Crippen LogP) is 1.41. The number of hydrogen-bond donors (Lipinski definition) is 0. The second-order valence-electron chi connectivity index (χ2n) is 6.52. The van der Waals surface area contributed by atoms with E-state index >= 15 is 0 Å². The maximum Gasteiger partial charge on any atom is 0.416 e. The van der Waals surface area contributed by atoms with Gasteiger partial charge >= 0.3 is 6.18 Å². The van der Waals surface area contributed by atoms with Crippen LogP contribution >= 0.6 is 0 Å². The molecule has 2 heterocycles. The number of benzene rings is 2. The van der Waals surface area contributed by atoms with Gasteiger partial charge in [-0.15, -0.1) is 0 Å². The average molecular weight is 496 g/mol. The van der Waals surface area contributed by atoms with Gasteiger partial charge in [0.25, 0.3) is 11.5 Å². The summed E-state index contributed by atoms with van der Waals surface area (Å²) in [5.41, 5.74) is 1.62. The monoisotopic (exact) mass is 496 g/mol. The summed E-state index contributed by atoms with van der Waals surface area (Å²) < 4.78 is 42.0. The van der Waals surface area contributed by atoms with E-state index in [0.717, 1.165) is 33.9 Å². The zero-order valence-electron chi connectivity index (χ0n) is 15.1. The van der Waals surface area contributed by atoms with Crippen LogP contribution in [0, 0.1) is 0 Å². The summed E-state index contributed by atoms with van der Waals surface area (Å²) in [6.45, 7) is 0. The van der Waals surface area contributed by atoms with Crippen molar-refractivity contribution >= 4 is 27.6 Å². The summed E-state index contributed by atoms with van der Waals surface area (Å²) in [4.78, 5) is 13.2. The molecule has 0 saturated carbocycles. The van der Waals surface area contributed by atoms with Crippen molar-refractivity contribution in [1.29, 1.82) is 0 Å². The number of para-hydroxylation sites is 1. The van der Waals surface area contributed by atoms with Crippen molar-refractivity contribution in [2.24, 2.45) is 14.1 Å². The lowest BCUT2D eigenvalue weighted by Gasteiger charge is -2.07. The van der Waals surface area contributed by atoms with Crippen LogP contribution in [0.1, 0.15) is 21.6 Å². The highest BCUT2D eigenvalue weighted by atomic mass is 127. The van der Waals surface area contributed by atoms with Crippen LogP contribution in [0.4, 0.5) is 13.2 Å². The first-order chi connectivity index (χ1) is 12.8. The van der Waals surface area contributed by atoms with Gasteiger partial charge in [-0.3, -0.25) is 4.79 Å². The number of fused-ring (bicyclic) bond motifs is 3. The van der Waals surface area contributed by atoms with Gasteiger partial charge in [-0.2, -0.15) is 17.7 Å². The second kappa shape index (κ2) is 7.20. The number of pyridine rings is 1. The molecule has 2 aromatic carbocycles. The molecular formula is C21H16F3IN2O. The summed E-state index contributed by atoms with van der Waals surface area (Å²) in [7, 11) is 3.64. The third-order valence-electron chi connectivity index (χ3n) is 4.88. The summed E-state index contributed by atoms with van der Waals surface area (Å²) >= 11 is 0. The molecule has 4 rings (SSSR count). The van der Waals surface area contributed by atoms with E-state index in [0.29, 0.717) is 5.69 Å². The molecule has 0 saturated heterocycles. The molecule has 3 nitrogen and oxygen atoms in total. The highest BCUT2D eigenvalue weighted by molar-refractivity contribution is 6.18. The third-order valence-corrected chi connectivity index (χ3v) is 4.88. The zero-order valence-corrected chi connectivity index (χ0v) is 17.2. The van der Waals surface area contributed by atoms with Gasteiger partial charge in [0.1, 0.15) is 12.6 Å². The van der Waals surface area contributed by atoms with Crippen molar-refractivity contribution in [2.75, 3.05) is 0 Å². The Labute approximate surface area is 176 Å². The topological polar surface area (TPSA) is 25.9 Å². The van der Waals surface area contributed by atoms with Gasteiger partial charge < -0.3 is 28.5 Å². The molecule has 7 heteroatoms. The highest BCUT2D eigenvalue weighted by Gasteiger charge is 2.31. The van der Waals surface area contributed by atoms with Crippen LogP contribution in [0.5, 0.6) is 0 Å². The van der Waals surface area contributed by atoms with Gasteiger partial charge in [0.05, 0.1) is 5.56 Å². The van der Waals surface area contributed by atoms with Crippen molar-refractivity contribution in [2.45, 2.75) is 6.18 Å². The van der Waals surface area contributed by atoms with Crippen LogP contribution in [-0.4, -0.2) is 10.4 Å². The Morgan fingerprint density at radius 1 is 0.964 bits per heavy atom. The molecule has 28 heavy (non-hydrogen) atoms. The number of aryl methyl sites for hydroxylation is 2. The quantitative estimate of drug-likeness (QED) is 0.234. The number of carbonyl (C=O) groups excluding carboxylic acids is 1. The van der Waals surface area contributed by atoms with E-state index in [1.165, 1.54) is 12.1 Å².